The highest BCUT2D eigenvalue weighted by Crippen LogP contribution is 2.09. The maximum absolute atomic E-state index is 12.0. The van der Waals surface area contributed by atoms with E-state index in [9.17, 15) is 13.2 Å². The molecule has 21 heavy (non-hydrogen) atoms. The van der Waals surface area contributed by atoms with Crippen LogP contribution >= 0.6 is 0 Å². The lowest BCUT2D eigenvalue weighted by atomic mass is 10.3. The Hall–Kier alpha value is -1.40. The summed E-state index contributed by atoms with van der Waals surface area (Å²) in [6.07, 6.45) is 0.818. The van der Waals surface area contributed by atoms with Crippen molar-refractivity contribution in [1.82, 2.24) is 10.2 Å². The third-order valence-electron chi connectivity index (χ3n) is 3.29. The lowest BCUT2D eigenvalue weighted by Crippen LogP contribution is -2.33. The largest absolute Gasteiger partial charge is 0.355 e. The highest BCUT2D eigenvalue weighted by Gasteiger charge is 2.18. The molecule has 0 heterocycles. The quantitative estimate of drug-likeness (QED) is 0.698. The molecule has 0 aliphatic heterocycles. The standard InChI is InChI=1S/C15H24N2O3S/c1-3-17(4-2)12-8-11-16-15(18)13-21(19,20)14-9-6-5-7-10-14/h5-7,9-10H,3-4,8,11-13H2,1-2H3,(H,16,18). The van der Waals surface area contributed by atoms with Crippen molar-refractivity contribution in [1.29, 1.82) is 0 Å². The normalized spacial score (nSPS) is 11.6. The molecule has 118 valence electrons. The zero-order chi connectivity index (χ0) is 15.7. The maximum atomic E-state index is 12.0. The molecule has 1 aromatic carbocycles. The maximum Gasteiger partial charge on any atom is 0.235 e. The third kappa shape index (κ3) is 6.27. The van der Waals surface area contributed by atoms with Gasteiger partial charge >= 0.3 is 0 Å². The number of sulfone groups is 1. The Bertz CT molecular complexity index is 525. The van der Waals surface area contributed by atoms with Gasteiger partial charge < -0.3 is 10.2 Å². The summed E-state index contributed by atoms with van der Waals surface area (Å²) in [6.45, 7) is 7.54. The van der Waals surface area contributed by atoms with E-state index < -0.39 is 21.5 Å². The lowest BCUT2D eigenvalue weighted by molar-refractivity contribution is -0.118. The first kappa shape index (κ1) is 17.7. The van der Waals surface area contributed by atoms with Gasteiger partial charge in [0.1, 0.15) is 5.75 Å². The molecule has 1 rings (SSSR count). The van der Waals surface area contributed by atoms with Gasteiger partial charge in [0.05, 0.1) is 4.90 Å². The first-order chi connectivity index (χ1) is 9.99. The summed E-state index contributed by atoms with van der Waals surface area (Å²) in [4.78, 5) is 14.2. The van der Waals surface area contributed by atoms with E-state index in [1.54, 1.807) is 18.2 Å². The lowest BCUT2D eigenvalue weighted by Gasteiger charge is -2.17. The Morgan fingerprint density at radius 1 is 1.14 bits per heavy atom. The van der Waals surface area contributed by atoms with Crippen LogP contribution in [-0.4, -0.2) is 51.2 Å². The summed E-state index contributed by atoms with van der Waals surface area (Å²) in [5.74, 6) is -0.944. The molecule has 0 aliphatic rings. The summed E-state index contributed by atoms with van der Waals surface area (Å²) in [6, 6.07) is 8.04. The Morgan fingerprint density at radius 3 is 2.33 bits per heavy atom. The first-order valence-corrected chi connectivity index (χ1v) is 8.91. The fraction of sp³-hybridized carbons (Fsp3) is 0.533. The number of hydrogen-bond acceptors (Lipinski definition) is 4. The Labute approximate surface area is 127 Å². The summed E-state index contributed by atoms with van der Waals surface area (Å²) < 4.78 is 24.0. The highest BCUT2D eigenvalue weighted by molar-refractivity contribution is 7.92. The molecule has 0 saturated heterocycles. The van der Waals surface area contributed by atoms with E-state index in [1.807, 2.05) is 0 Å². The average Bonchev–Trinajstić information content (AvgIpc) is 2.48. The number of carbonyl (C=O) groups is 1. The van der Waals surface area contributed by atoms with Crippen LogP contribution in [0.1, 0.15) is 20.3 Å². The summed E-state index contributed by atoms with van der Waals surface area (Å²) in [5, 5.41) is 2.67. The van der Waals surface area contributed by atoms with Gasteiger partial charge in [0, 0.05) is 6.54 Å². The van der Waals surface area contributed by atoms with Crippen molar-refractivity contribution in [3.63, 3.8) is 0 Å². The van der Waals surface area contributed by atoms with Crippen molar-refractivity contribution in [2.24, 2.45) is 0 Å². The van der Waals surface area contributed by atoms with Crippen molar-refractivity contribution in [2.75, 3.05) is 31.9 Å². The van der Waals surface area contributed by atoms with E-state index >= 15 is 0 Å². The predicted molar refractivity (Wildman–Crippen MR) is 83.9 cm³/mol. The van der Waals surface area contributed by atoms with Crippen LogP contribution in [0.2, 0.25) is 0 Å². The molecule has 0 spiro atoms. The van der Waals surface area contributed by atoms with E-state index in [0.717, 1.165) is 26.1 Å². The van der Waals surface area contributed by atoms with Crippen LogP contribution in [0.25, 0.3) is 0 Å². The minimum Gasteiger partial charge on any atom is -0.355 e. The van der Waals surface area contributed by atoms with Gasteiger partial charge in [-0.25, -0.2) is 8.42 Å². The molecule has 0 aromatic heterocycles. The molecule has 0 radical (unpaired) electrons. The molecule has 0 aliphatic carbocycles. The van der Waals surface area contributed by atoms with Crippen LogP contribution < -0.4 is 5.32 Å². The SMILES string of the molecule is CCN(CC)CCCNC(=O)CS(=O)(=O)c1ccccc1. The van der Waals surface area contributed by atoms with Gasteiger partial charge in [-0.2, -0.15) is 0 Å². The molecule has 0 unspecified atom stereocenters. The van der Waals surface area contributed by atoms with Gasteiger partial charge in [0.2, 0.25) is 5.91 Å². The molecule has 0 fully saturated rings. The van der Waals surface area contributed by atoms with E-state index in [0.29, 0.717) is 6.54 Å². The Balaban J connectivity index is 2.37. The zero-order valence-electron chi connectivity index (χ0n) is 12.7. The second-order valence-electron chi connectivity index (χ2n) is 4.80. The molecule has 1 N–H and O–H groups in total. The fourth-order valence-corrected chi connectivity index (χ4v) is 3.19. The van der Waals surface area contributed by atoms with Crippen LogP contribution in [0.4, 0.5) is 0 Å². The number of nitrogens with zero attached hydrogens (tertiary/aromatic N) is 1. The average molecular weight is 312 g/mol. The number of carbonyl (C=O) groups excluding carboxylic acids is 1. The number of benzene rings is 1. The van der Waals surface area contributed by atoms with Crippen molar-refractivity contribution >= 4 is 15.7 Å². The summed E-state index contributed by atoms with van der Waals surface area (Å²) >= 11 is 0. The van der Waals surface area contributed by atoms with Crippen molar-refractivity contribution in [2.45, 2.75) is 25.2 Å². The van der Waals surface area contributed by atoms with Crippen molar-refractivity contribution in [3.8, 4) is 0 Å². The highest BCUT2D eigenvalue weighted by atomic mass is 32.2. The van der Waals surface area contributed by atoms with E-state index in [-0.39, 0.29) is 4.90 Å². The van der Waals surface area contributed by atoms with Gasteiger partial charge in [-0.3, -0.25) is 4.79 Å². The van der Waals surface area contributed by atoms with Crippen molar-refractivity contribution < 1.29 is 13.2 Å². The van der Waals surface area contributed by atoms with Crippen LogP contribution in [0, 0.1) is 0 Å². The number of hydrogen-bond donors (Lipinski definition) is 1. The Morgan fingerprint density at radius 2 is 1.76 bits per heavy atom. The zero-order valence-corrected chi connectivity index (χ0v) is 13.5. The topological polar surface area (TPSA) is 66.5 Å². The molecular weight excluding hydrogens is 288 g/mol. The van der Waals surface area contributed by atoms with Crippen molar-refractivity contribution in [3.05, 3.63) is 30.3 Å². The van der Waals surface area contributed by atoms with Gasteiger partial charge in [0.15, 0.2) is 9.84 Å². The molecule has 0 bridgehead atoms. The molecular formula is C15H24N2O3S. The van der Waals surface area contributed by atoms with Crippen LogP contribution in [-0.2, 0) is 14.6 Å². The predicted octanol–water partition coefficient (Wildman–Crippen LogP) is 1.31. The molecule has 1 aromatic rings. The van der Waals surface area contributed by atoms with E-state index in [1.165, 1.54) is 12.1 Å². The fourth-order valence-electron chi connectivity index (χ4n) is 2.01. The van der Waals surface area contributed by atoms with Crippen LogP contribution in [0.5, 0.6) is 0 Å². The minimum atomic E-state index is -3.54. The van der Waals surface area contributed by atoms with E-state index in [4.69, 9.17) is 0 Å². The molecule has 0 atom stereocenters. The smallest absolute Gasteiger partial charge is 0.235 e. The molecule has 6 heteroatoms. The first-order valence-electron chi connectivity index (χ1n) is 7.26. The second-order valence-corrected chi connectivity index (χ2v) is 6.79. The Kier molecular flexibility index (Phi) is 7.39. The summed E-state index contributed by atoms with van der Waals surface area (Å²) in [5.41, 5.74) is 0. The number of nitrogens with one attached hydrogen (secondary N) is 1. The summed E-state index contributed by atoms with van der Waals surface area (Å²) in [7, 11) is -3.54. The van der Waals surface area contributed by atoms with Crippen LogP contribution in [0.3, 0.4) is 0 Å². The van der Waals surface area contributed by atoms with E-state index in [2.05, 4.69) is 24.1 Å². The molecule has 1 amide bonds. The van der Waals surface area contributed by atoms with Gasteiger partial charge in [-0.15, -0.1) is 0 Å². The molecule has 0 saturated carbocycles. The number of rotatable bonds is 9. The van der Waals surface area contributed by atoms with Gasteiger partial charge in [-0.05, 0) is 38.2 Å². The van der Waals surface area contributed by atoms with Gasteiger partial charge in [-0.1, -0.05) is 32.0 Å². The second kappa shape index (κ2) is 8.79. The van der Waals surface area contributed by atoms with Gasteiger partial charge in [0.25, 0.3) is 0 Å². The monoisotopic (exact) mass is 312 g/mol. The molecule has 5 nitrogen and oxygen atoms in total. The number of amides is 1. The third-order valence-corrected chi connectivity index (χ3v) is 4.92. The van der Waals surface area contributed by atoms with Crippen LogP contribution in [0.15, 0.2) is 35.2 Å². The minimum absolute atomic E-state index is 0.184.